The second-order valence-electron chi connectivity index (χ2n) is 8.03. The third kappa shape index (κ3) is 4.43. The fourth-order valence-electron chi connectivity index (χ4n) is 4.12. The van der Waals surface area contributed by atoms with Crippen molar-refractivity contribution < 1.29 is 26.8 Å². The number of aromatic nitrogens is 2. The molecule has 2 aliphatic heterocycles. The molecule has 4 heterocycles. The van der Waals surface area contributed by atoms with Crippen LogP contribution in [0.3, 0.4) is 0 Å². The predicted molar refractivity (Wildman–Crippen MR) is 116 cm³/mol. The number of furan rings is 1. The summed E-state index contributed by atoms with van der Waals surface area (Å²) in [6, 6.07) is 9.67. The van der Waals surface area contributed by atoms with Crippen molar-refractivity contribution in [3.8, 4) is 11.7 Å². The van der Waals surface area contributed by atoms with Crippen LogP contribution in [0.2, 0.25) is 0 Å². The van der Waals surface area contributed by atoms with E-state index in [0.717, 1.165) is 0 Å². The van der Waals surface area contributed by atoms with Crippen LogP contribution in [0.5, 0.6) is 0 Å². The van der Waals surface area contributed by atoms with E-state index in [1.165, 1.54) is 16.4 Å². The van der Waals surface area contributed by atoms with E-state index in [9.17, 15) is 13.2 Å². The Morgan fingerprint density at radius 3 is 2.36 bits per heavy atom. The Morgan fingerprint density at radius 2 is 1.70 bits per heavy atom. The third-order valence-corrected chi connectivity index (χ3v) is 7.93. The van der Waals surface area contributed by atoms with Gasteiger partial charge in [-0.2, -0.15) is 4.31 Å². The summed E-state index contributed by atoms with van der Waals surface area (Å²) in [5.41, 5.74) is 0.465. The van der Waals surface area contributed by atoms with Crippen molar-refractivity contribution >= 4 is 15.9 Å². The molecule has 2 aromatic heterocycles. The van der Waals surface area contributed by atoms with Gasteiger partial charge in [0.2, 0.25) is 15.9 Å². The normalized spacial score (nSPS) is 18.5. The first-order valence-corrected chi connectivity index (χ1v) is 12.3. The van der Waals surface area contributed by atoms with Crippen molar-refractivity contribution in [1.29, 1.82) is 0 Å². The number of benzene rings is 1. The summed E-state index contributed by atoms with van der Waals surface area (Å²) < 4.78 is 43.2. The Kier molecular flexibility index (Phi) is 6.00. The molecule has 0 saturated carbocycles. The number of ether oxygens (including phenoxy) is 1. The lowest BCUT2D eigenvalue weighted by Gasteiger charge is -2.30. The van der Waals surface area contributed by atoms with Gasteiger partial charge < -0.3 is 18.5 Å². The molecular weight excluding hydrogens is 448 g/mol. The van der Waals surface area contributed by atoms with Crippen LogP contribution in [-0.4, -0.2) is 73.1 Å². The number of likely N-dealkylation sites (tertiary alicyclic amines) is 1. The number of morpholine rings is 1. The van der Waals surface area contributed by atoms with Gasteiger partial charge in [-0.25, -0.2) is 8.42 Å². The fourth-order valence-corrected chi connectivity index (χ4v) is 5.52. The van der Waals surface area contributed by atoms with Gasteiger partial charge in [-0.3, -0.25) is 4.79 Å². The number of sulfonamides is 1. The molecule has 2 saturated heterocycles. The minimum absolute atomic E-state index is 0.0753. The molecule has 5 rings (SSSR count). The summed E-state index contributed by atoms with van der Waals surface area (Å²) in [5.74, 6) is 1.38. The Balaban J connectivity index is 1.20. The maximum atomic E-state index is 13.0. The number of nitrogens with zero attached hydrogens (tertiary/aromatic N) is 4. The Labute approximate surface area is 191 Å². The predicted octanol–water partition coefficient (Wildman–Crippen LogP) is 2.37. The molecule has 1 amide bonds. The van der Waals surface area contributed by atoms with E-state index in [1.54, 1.807) is 35.4 Å². The first-order valence-electron chi connectivity index (χ1n) is 10.9. The molecule has 1 aromatic carbocycles. The number of piperidine rings is 1. The Morgan fingerprint density at radius 1 is 0.970 bits per heavy atom. The van der Waals surface area contributed by atoms with Gasteiger partial charge in [0.05, 0.1) is 24.4 Å². The molecule has 2 aliphatic rings. The number of rotatable bonds is 5. The molecule has 0 atom stereocenters. The van der Waals surface area contributed by atoms with Crippen LogP contribution < -0.4 is 0 Å². The average molecular weight is 473 g/mol. The highest BCUT2D eigenvalue weighted by molar-refractivity contribution is 7.89. The van der Waals surface area contributed by atoms with Gasteiger partial charge >= 0.3 is 0 Å². The van der Waals surface area contributed by atoms with Gasteiger partial charge in [-0.05, 0) is 49.2 Å². The van der Waals surface area contributed by atoms with Crippen molar-refractivity contribution in [2.45, 2.75) is 23.7 Å². The van der Waals surface area contributed by atoms with Crippen LogP contribution in [0.15, 0.2) is 56.4 Å². The van der Waals surface area contributed by atoms with Crippen molar-refractivity contribution in [2.75, 3.05) is 39.4 Å². The summed E-state index contributed by atoms with van der Waals surface area (Å²) >= 11 is 0. The van der Waals surface area contributed by atoms with E-state index < -0.39 is 10.0 Å². The number of carbonyl (C=O) groups excluding carboxylic acids is 1. The van der Waals surface area contributed by atoms with E-state index in [0.29, 0.717) is 75.3 Å². The van der Waals surface area contributed by atoms with Crippen LogP contribution >= 0.6 is 0 Å². The smallest absolute Gasteiger partial charge is 0.283 e. The Bertz CT molecular complexity index is 1190. The lowest BCUT2D eigenvalue weighted by Crippen LogP contribution is -2.40. The molecule has 2 fully saturated rings. The second kappa shape index (κ2) is 9.08. The van der Waals surface area contributed by atoms with E-state index in [4.69, 9.17) is 13.6 Å². The van der Waals surface area contributed by atoms with E-state index in [-0.39, 0.29) is 16.7 Å². The standard InChI is InChI=1S/C22H24N4O6S/c27-22(17-3-5-18(6-4-17)33(28,29)26-11-14-30-15-12-26)25-9-7-16(8-10-25)20-23-24-21(32-20)19-2-1-13-31-19/h1-6,13,16H,7-12,14-15H2. The highest BCUT2D eigenvalue weighted by atomic mass is 32.2. The van der Waals surface area contributed by atoms with Gasteiger partial charge in [0.1, 0.15) is 0 Å². The van der Waals surface area contributed by atoms with Crippen LogP contribution in [0, 0.1) is 0 Å². The summed E-state index contributed by atoms with van der Waals surface area (Å²) in [4.78, 5) is 14.9. The van der Waals surface area contributed by atoms with Crippen molar-refractivity contribution in [2.24, 2.45) is 0 Å². The zero-order chi connectivity index (χ0) is 22.8. The van der Waals surface area contributed by atoms with E-state index >= 15 is 0 Å². The minimum atomic E-state index is -3.58. The van der Waals surface area contributed by atoms with Crippen LogP contribution in [-0.2, 0) is 14.8 Å². The van der Waals surface area contributed by atoms with Crippen LogP contribution in [0.1, 0.15) is 35.0 Å². The zero-order valence-electron chi connectivity index (χ0n) is 17.9. The van der Waals surface area contributed by atoms with Gasteiger partial charge in [0.15, 0.2) is 5.76 Å². The number of amides is 1. The van der Waals surface area contributed by atoms with E-state index in [2.05, 4.69) is 10.2 Å². The lowest BCUT2D eigenvalue weighted by atomic mass is 9.96. The summed E-state index contributed by atoms with van der Waals surface area (Å²) in [7, 11) is -3.58. The SMILES string of the molecule is O=C(c1ccc(S(=O)(=O)N2CCOCC2)cc1)N1CCC(c2nnc(-c3ccco3)o2)CC1. The molecule has 11 heteroatoms. The first kappa shape index (κ1) is 21.8. The van der Waals surface area contributed by atoms with Crippen molar-refractivity contribution in [3.05, 3.63) is 54.1 Å². The molecule has 0 N–H and O–H groups in total. The van der Waals surface area contributed by atoms with Gasteiger partial charge in [-0.1, -0.05) is 0 Å². The molecule has 3 aromatic rings. The highest BCUT2D eigenvalue weighted by Crippen LogP contribution is 2.30. The molecule has 0 aliphatic carbocycles. The maximum absolute atomic E-state index is 13.0. The largest absolute Gasteiger partial charge is 0.459 e. The van der Waals surface area contributed by atoms with Crippen molar-refractivity contribution in [3.63, 3.8) is 0 Å². The van der Waals surface area contributed by atoms with Crippen LogP contribution in [0.25, 0.3) is 11.7 Å². The maximum Gasteiger partial charge on any atom is 0.283 e. The first-order chi connectivity index (χ1) is 16.0. The quantitative estimate of drug-likeness (QED) is 0.555. The lowest BCUT2D eigenvalue weighted by molar-refractivity contribution is 0.0706. The summed E-state index contributed by atoms with van der Waals surface area (Å²) in [5, 5.41) is 8.19. The minimum Gasteiger partial charge on any atom is -0.459 e. The van der Waals surface area contributed by atoms with Crippen molar-refractivity contribution in [1.82, 2.24) is 19.4 Å². The fraction of sp³-hybridized carbons (Fsp3) is 0.409. The highest BCUT2D eigenvalue weighted by Gasteiger charge is 2.29. The summed E-state index contributed by atoms with van der Waals surface area (Å²) in [6.07, 6.45) is 2.96. The molecule has 174 valence electrons. The Hall–Kier alpha value is -3.02. The number of hydrogen-bond acceptors (Lipinski definition) is 8. The molecule has 33 heavy (non-hydrogen) atoms. The average Bonchev–Trinajstić information content (AvgIpc) is 3.57. The third-order valence-electron chi connectivity index (χ3n) is 6.01. The molecular formula is C22H24N4O6S. The number of carbonyl (C=O) groups is 1. The topological polar surface area (TPSA) is 119 Å². The van der Waals surface area contributed by atoms with Crippen LogP contribution in [0.4, 0.5) is 0 Å². The van der Waals surface area contributed by atoms with Gasteiger partial charge in [0.25, 0.3) is 11.8 Å². The van der Waals surface area contributed by atoms with Gasteiger partial charge in [-0.15, -0.1) is 10.2 Å². The molecule has 0 unspecified atom stereocenters. The summed E-state index contributed by atoms with van der Waals surface area (Å²) in [6.45, 7) is 2.55. The monoisotopic (exact) mass is 472 g/mol. The second-order valence-corrected chi connectivity index (χ2v) is 9.97. The molecule has 0 radical (unpaired) electrons. The van der Waals surface area contributed by atoms with E-state index in [1.807, 2.05) is 0 Å². The molecule has 0 spiro atoms. The molecule has 10 nitrogen and oxygen atoms in total. The number of hydrogen-bond donors (Lipinski definition) is 0. The molecule has 0 bridgehead atoms. The van der Waals surface area contributed by atoms with Gasteiger partial charge in [0, 0.05) is 37.7 Å². The zero-order valence-corrected chi connectivity index (χ0v) is 18.7.